The summed E-state index contributed by atoms with van der Waals surface area (Å²) in [4.78, 5) is 15.2. The Bertz CT molecular complexity index is 1100. The monoisotopic (exact) mass is 356 g/mol. The minimum Gasteiger partial charge on any atom is -0.258 e. The maximum absolute atomic E-state index is 12.7. The highest BCUT2D eigenvalue weighted by Crippen LogP contribution is 2.34. The molecule has 0 amide bonds. The Kier molecular flexibility index (Phi) is 3.54. The third-order valence-electron chi connectivity index (χ3n) is 4.43. The molecule has 0 fully saturated rings. The molecule has 2 aromatic carbocycles. The van der Waals surface area contributed by atoms with E-state index in [1.807, 2.05) is 12.2 Å². The Balaban J connectivity index is 1.76. The molecule has 2 aliphatic rings. The smallest absolute Gasteiger partial charge is 0.258 e. The molecular weight excluding hydrogens is 345 g/mol. The maximum atomic E-state index is 12.7. The number of hydrogen-bond donors (Lipinski definition) is 0. The fourth-order valence-corrected chi connectivity index (χ4v) is 3.19. The first-order valence-electron chi connectivity index (χ1n) is 7.78. The van der Waals surface area contributed by atoms with E-state index in [9.17, 15) is 23.3 Å². The Morgan fingerprint density at radius 1 is 1.08 bits per heavy atom. The van der Waals surface area contributed by atoms with Gasteiger partial charge in [0.05, 0.1) is 26.8 Å². The molecule has 1 unspecified atom stereocenters. The molecule has 130 valence electrons. The molecule has 0 bridgehead atoms. The lowest BCUT2D eigenvalue weighted by molar-refractivity contribution is -0.386. The molecule has 4 rings (SSSR count). The summed E-state index contributed by atoms with van der Waals surface area (Å²) in [5.41, 5.74) is 1.25. The van der Waals surface area contributed by atoms with Crippen LogP contribution in [0.5, 0.6) is 0 Å². The first-order chi connectivity index (χ1) is 12.3. The lowest BCUT2D eigenvalue weighted by atomic mass is 9.90. The van der Waals surface area contributed by atoms with Crippen molar-refractivity contribution in [2.75, 3.05) is 0 Å². The molecule has 1 heterocycles. The van der Waals surface area contributed by atoms with Crippen molar-refractivity contribution < 1.29 is 18.1 Å². The second-order valence-corrected chi connectivity index (χ2v) is 6.01. The van der Waals surface area contributed by atoms with E-state index in [1.54, 1.807) is 18.2 Å². The number of alkyl halides is 3. The summed E-state index contributed by atoms with van der Waals surface area (Å²) < 4.78 is 38.1. The van der Waals surface area contributed by atoms with Gasteiger partial charge in [-0.15, -0.1) is 0 Å². The van der Waals surface area contributed by atoms with Crippen molar-refractivity contribution in [1.82, 2.24) is 0 Å². The molecule has 1 aliphatic heterocycles. The van der Waals surface area contributed by atoms with E-state index in [0.29, 0.717) is 27.4 Å². The zero-order chi connectivity index (χ0) is 18.5. The van der Waals surface area contributed by atoms with E-state index in [1.165, 1.54) is 18.2 Å². The largest absolute Gasteiger partial charge is 0.416 e. The van der Waals surface area contributed by atoms with Crippen LogP contribution >= 0.6 is 0 Å². The van der Waals surface area contributed by atoms with Crippen LogP contribution in [-0.4, -0.2) is 4.92 Å². The van der Waals surface area contributed by atoms with Gasteiger partial charge in [0.1, 0.15) is 0 Å². The highest BCUT2D eigenvalue weighted by molar-refractivity contribution is 5.78. The molecule has 4 nitrogen and oxygen atoms in total. The van der Waals surface area contributed by atoms with Crippen LogP contribution in [0, 0.1) is 10.1 Å². The fraction of sp³-hybridized carbons (Fsp3) is 0.105. The van der Waals surface area contributed by atoms with E-state index in [-0.39, 0.29) is 11.6 Å². The van der Waals surface area contributed by atoms with Gasteiger partial charge in [-0.1, -0.05) is 30.4 Å². The normalized spacial score (nSPS) is 18.0. The number of nitro groups is 1. The average Bonchev–Trinajstić information content (AvgIpc) is 2.98. The highest BCUT2D eigenvalue weighted by atomic mass is 19.4. The zero-order valence-electron chi connectivity index (χ0n) is 13.2. The molecule has 0 saturated heterocycles. The number of halogens is 3. The van der Waals surface area contributed by atoms with Crippen LogP contribution in [0.3, 0.4) is 0 Å². The molecule has 0 aromatic heterocycles. The number of hydrogen-bond acceptors (Lipinski definition) is 3. The highest BCUT2D eigenvalue weighted by Gasteiger charge is 2.30. The molecule has 2 aromatic rings. The quantitative estimate of drug-likeness (QED) is 0.609. The van der Waals surface area contributed by atoms with Crippen LogP contribution in [0.1, 0.15) is 17.0 Å². The first kappa shape index (κ1) is 16.3. The van der Waals surface area contributed by atoms with Gasteiger partial charge in [0, 0.05) is 17.6 Å². The molecular formula is C19H11F3N2O2. The Hall–Kier alpha value is -3.22. The molecule has 0 radical (unpaired) electrons. The summed E-state index contributed by atoms with van der Waals surface area (Å²) in [6, 6.07) is 9.68. The zero-order valence-corrected chi connectivity index (χ0v) is 13.2. The summed E-state index contributed by atoms with van der Waals surface area (Å²) in [6.45, 7) is 0. The van der Waals surface area contributed by atoms with E-state index < -0.39 is 16.7 Å². The van der Waals surface area contributed by atoms with Gasteiger partial charge in [0.25, 0.3) is 5.69 Å². The van der Waals surface area contributed by atoms with Crippen molar-refractivity contribution in [3.63, 3.8) is 0 Å². The van der Waals surface area contributed by atoms with Gasteiger partial charge in [0.15, 0.2) is 0 Å². The van der Waals surface area contributed by atoms with Gasteiger partial charge in [0.2, 0.25) is 0 Å². The summed E-state index contributed by atoms with van der Waals surface area (Å²) in [7, 11) is 0. The fourth-order valence-electron chi connectivity index (χ4n) is 3.19. The van der Waals surface area contributed by atoms with E-state index in [0.717, 1.165) is 12.1 Å². The van der Waals surface area contributed by atoms with Crippen LogP contribution in [-0.2, 0) is 6.18 Å². The first-order valence-corrected chi connectivity index (χ1v) is 7.78. The second-order valence-electron chi connectivity index (χ2n) is 6.01. The topological polar surface area (TPSA) is 55.5 Å². The Morgan fingerprint density at radius 3 is 2.46 bits per heavy atom. The Labute approximate surface area is 145 Å². The summed E-state index contributed by atoms with van der Waals surface area (Å²) >= 11 is 0. The molecule has 0 spiro atoms. The van der Waals surface area contributed by atoms with Crippen molar-refractivity contribution in [2.24, 2.45) is 4.99 Å². The molecule has 1 aliphatic carbocycles. The molecule has 26 heavy (non-hydrogen) atoms. The van der Waals surface area contributed by atoms with Crippen LogP contribution in [0.4, 0.5) is 18.9 Å². The number of benzene rings is 2. The summed E-state index contributed by atoms with van der Waals surface area (Å²) in [5, 5.41) is 12.3. The van der Waals surface area contributed by atoms with Crippen molar-refractivity contribution in [3.05, 3.63) is 98.2 Å². The number of rotatable bonds is 2. The van der Waals surface area contributed by atoms with Crippen molar-refractivity contribution in [1.29, 1.82) is 0 Å². The van der Waals surface area contributed by atoms with Crippen LogP contribution < -0.4 is 10.6 Å². The van der Waals surface area contributed by atoms with E-state index in [2.05, 4.69) is 4.99 Å². The predicted octanol–water partition coefficient (Wildman–Crippen LogP) is 3.64. The van der Waals surface area contributed by atoms with E-state index in [4.69, 9.17) is 0 Å². The standard InChI is InChI=1S/C19H11F3N2O2/c20-19(21,22)13-7-4-11(5-8-13)12-6-9-14-16(10-12)23-15-2-1-3-17(18(14)15)24(25)26/h1-10,12H. The van der Waals surface area contributed by atoms with Crippen LogP contribution in [0.15, 0.2) is 71.4 Å². The van der Waals surface area contributed by atoms with Gasteiger partial charge in [-0.05, 0) is 29.8 Å². The van der Waals surface area contributed by atoms with Gasteiger partial charge in [-0.25, -0.2) is 4.99 Å². The number of non-ortho nitro benzene ring substituents is 1. The van der Waals surface area contributed by atoms with Crippen LogP contribution in [0.2, 0.25) is 0 Å². The van der Waals surface area contributed by atoms with Gasteiger partial charge >= 0.3 is 6.18 Å². The molecule has 1 atom stereocenters. The van der Waals surface area contributed by atoms with Gasteiger partial charge in [-0.3, -0.25) is 10.1 Å². The lowest BCUT2D eigenvalue weighted by Crippen LogP contribution is -2.25. The molecule has 0 N–H and O–H groups in total. The number of nitro benzene ring substituents is 1. The van der Waals surface area contributed by atoms with Crippen molar-refractivity contribution in [2.45, 2.75) is 12.1 Å². The average molecular weight is 356 g/mol. The van der Waals surface area contributed by atoms with Gasteiger partial charge < -0.3 is 0 Å². The summed E-state index contributed by atoms with van der Waals surface area (Å²) in [6.07, 6.45) is 0.992. The van der Waals surface area contributed by atoms with Gasteiger partial charge in [-0.2, -0.15) is 13.2 Å². The SMILES string of the molecule is O=[N+]([O-])c1cccc2c1=C1C=CC(c3ccc(C(F)(F)F)cc3)C=C1N=2. The number of fused-ring (bicyclic) bond motifs is 2. The number of nitrogens with zero attached hydrogens (tertiary/aromatic N) is 2. The van der Waals surface area contributed by atoms with E-state index >= 15 is 0 Å². The maximum Gasteiger partial charge on any atom is 0.416 e. The summed E-state index contributed by atoms with van der Waals surface area (Å²) in [5.74, 6) is -0.242. The van der Waals surface area contributed by atoms with Crippen LogP contribution in [0.25, 0.3) is 5.57 Å². The molecule has 7 heteroatoms. The number of allylic oxidation sites excluding steroid dienone is 3. The predicted molar refractivity (Wildman–Crippen MR) is 88.7 cm³/mol. The minimum absolute atomic E-state index is 0.0118. The third-order valence-corrected chi connectivity index (χ3v) is 4.43. The van der Waals surface area contributed by atoms with Crippen molar-refractivity contribution in [3.8, 4) is 0 Å². The minimum atomic E-state index is -4.37. The lowest BCUT2D eigenvalue weighted by Gasteiger charge is -2.15. The molecule has 0 saturated carbocycles. The second kappa shape index (κ2) is 5.66. The third kappa shape index (κ3) is 2.61. The Morgan fingerprint density at radius 2 is 1.81 bits per heavy atom. The van der Waals surface area contributed by atoms with Crippen molar-refractivity contribution >= 4 is 11.3 Å².